The van der Waals surface area contributed by atoms with Gasteiger partial charge in [-0.15, -0.1) is 0 Å². The third kappa shape index (κ3) is 1.26. The molecule has 68 valence electrons. The molecule has 0 spiro atoms. The summed E-state index contributed by atoms with van der Waals surface area (Å²) in [5, 5.41) is 12.3. The van der Waals surface area contributed by atoms with Gasteiger partial charge in [0.25, 0.3) is 0 Å². The van der Waals surface area contributed by atoms with Gasteiger partial charge in [0.2, 0.25) is 6.41 Å². The fourth-order valence-electron chi connectivity index (χ4n) is 1.91. The van der Waals surface area contributed by atoms with Crippen molar-refractivity contribution in [2.45, 2.75) is 18.9 Å². The molecule has 0 aromatic heterocycles. The third-order valence-electron chi connectivity index (χ3n) is 2.49. The van der Waals surface area contributed by atoms with E-state index in [9.17, 15) is 9.90 Å². The molecule has 1 aliphatic carbocycles. The van der Waals surface area contributed by atoms with Gasteiger partial charge in [-0.3, -0.25) is 4.79 Å². The molecule has 1 aromatic carbocycles. The first-order chi connectivity index (χ1) is 6.33. The van der Waals surface area contributed by atoms with E-state index in [1.807, 2.05) is 12.1 Å². The Labute approximate surface area is 76.4 Å². The van der Waals surface area contributed by atoms with Crippen LogP contribution in [0.2, 0.25) is 0 Å². The van der Waals surface area contributed by atoms with Crippen LogP contribution < -0.4 is 5.32 Å². The van der Waals surface area contributed by atoms with Gasteiger partial charge >= 0.3 is 0 Å². The summed E-state index contributed by atoms with van der Waals surface area (Å²) in [6.45, 7) is 0. The number of phenols is 1. The molecule has 1 unspecified atom stereocenters. The van der Waals surface area contributed by atoms with E-state index >= 15 is 0 Å². The summed E-state index contributed by atoms with van der Waals surface area (Å²) >= 11 is 0. The van der Waals surface area contributed by atoms with Crippen molar-refractivity contribution < 1.29 is 9.90 Å². The normalized spacial score (nSPS) is 19.5. The number of nitrogens with one attached hydrogen (secondary N) is 1. The van der Waals surface area contributed by atoms with Gasteiger partial charge in [0.1, 0.15) is 5.75 Å². The average molecular weight is 177 g/mol. The number of aromatic hydroxyl groups is 1. The minimum Gasteiger partial charge on any atom is -0.508 e. The molecule has 2 rings (SSSR count). The number of hydrogen-bond acceptors (Lipinski definition) is 2. The zero-order valence-corrected chi connectivity index (χ0v) is 7.16. The van der Waals surface area contributed by atoms with E-state index in [-0.39, 0.29) is 11.8 Å². The summed E-state index contributed by atoms with van der Waals surface area (Å²) in [6, 6.07) is 5.47. The predicted octanol–water partition coefficient (Wildman–Crippen LogP) is 1.13. The highest BCUT2D eigenvalue weighted by atomic mass is 16.3. The minimum absolute atomic E-state index is 0.00583. The van der Waals surface area contributed by atoms with Crippen molar-refractivity contribution in [2.75, 3.05) is 0 Å². The molecule has 0 fully saturated rings. The van der Waals surface area contributed by atoms with Crippen molar-refractivity contribution >= 4 is 6.41 Å². The van der Waals surface area contributed by atoms with E-state index in [0.717, 1.165) is 24.0 Å². The molecule has 0 heterocycles. The van der Waals surface area contributed by atoms with Crippen molar-refractivity contribution in [3.8, 4) is 5.75 Å². The van der Waals surface area contributed by atoms with Crippen molar-refractivity contribution in [1.82, 2.24) is 5.32 Å². The van der Waals surface area contributed by atoms with Crippen LogP contribution in [0.3, 0.4) is 0 Å². The van der Waals surface area contributed by atoms with Gasteiger partial charge in [0.05, 0.1) is 6.04 Å². The van der Waals surface area contributed by atoms with Crippen LogP contribution in [-0.4, -0.2) is 11.5 Å². The van der Waals surface area contributed by atoms with Crippen molar-refractivity contribution in [2.24, 2.45) is 0 Å². The Morgan fingerprint density at radius 2 is 2.38 bits per heavy atom. The molecule has 0 saturated carbocycles. The molecule has 2 N–H and O–H groups in total. The van der Waals surface area contributed by atoms with Crippen LogP contribution in [0.4, 0.5) is 0 Å². The number of carbonyl (C=O) groups excluding carboxylic acids is 1. The Hall–Kier alpha value is -1.51. The van der Waals surface area contributed by atoms with Gasteiger partial charge in [-0.2, -0.15) is 0 Å². The maximum atomic E-state index is 10.3. The Kier molecular flexibility index (Phi) is 1.93. The summed E-state index contributed by atoms with van der Waals surface area (Å²) in [5.74, 6) is 0.286. The van der Waals surface area contributed by atoms with Crippen molar-refractivity contribution in [3.63, 3.8) is 0 Å². The summed E-state index contributed by atoms with van der Waals surface area (Å²) in [4.78, 5) is 10.3. The smallest absolute Gasteiger partial charge is 0.207 e. The zero-order chi connectivity index (χ0) is 9.26. The van der Waals surface area contributed by atoms with E-state index in [2.05, 4.69) is 5.32 Å². The number of rotatable bonds is 2. The SMILES string of the molecule is O=CNC1CCc2cccc(O)c21. The molecule has 1 amide bonds. The van der Waals surface area contributed by atoms with Gasteiger partial charge in [-0.1, -0.05) is 12.1 Å². The number of fused-ring (bicyclic) bond motifs is 1. The predicted molar refractivity (Wildman–Crippen MR) is 48.4 cm³/mol. The number of benzene rings is 1. The fourth-order valence-corrected chi connectivity index (χ4v) is 1.91. The van der Waals surface area contributed by atoms with E-state index in [0.29, 0.717) is 6.41 Å². The Balaban J connectivity index is 2.39. The maximum absolute atomic E-state index is 10.3. The Bertz CT molecular complexity index is 336. The number of phenolic OH excluding ortho intramolecular Hbond substituents is 1. The zero-order valence-electron chi connectivity index (χ0n) is 7.16. The molecule has 0 radical (unpaired) electrons. The minimum atomic E-state index is -0.00583. The van der Waals surface area contributed by atoms with E-state index in [1.54, 1.807) is 6.07 Å². The van der Waals surface area contributed by atoms with Gasteiger partial charge in [0.15, 0.2) is 0 Å². The first-order valence-corrected chi connectivity index (χ1v) is 4.33. The molecule has 0 aliphatic heterocycles. The second kappa shape index (κ2) is 3.09. The molecule has 3 nitrogen and oxygen atoms in total. The van der Waals surface area contributed by atoms with Gasteiger partial charge < -0.3 is 10.4 Å². The van der Waals surface area contributed by atoms with Gasteiger partial charge in [0, 0.05) is 5.56 Å². The summed E-state index contributed by atoms with van der Waals surface area (Å²) < 4.78 is 0. The van der Waals surface area contributed by atoms with Crippen LogP contribution in [0, 0.1) is 0 Å². The molecular weight excluding hydrogens is 166 g/mol. The van der Waals surface area contributed by atoms with Crippen LogP contribution in [0.1, 0.15) is 23.6 Å². The standard InChI is InChI=1S/C10H11NO2/c12-6-11-8-5-4-7-2-1-3-9(13)10(7)8/h1-3,6,8,13H,4-5H2,(H,11,12). The lowest BCUT2D eigenvalue weighted by molar-refractivity contribution is -0.110. The van der Waals surface area contributed by atoms with Crippen LogP contribution in [0.25, 0.3) is 0 Å². The lowest BCUT2D eigenvalue weighted by Gasteiger charge is -2.10. The Morgan fingerprint density at radius 3 is 3.15 bits per heavy atom. The first kappa shape index (κ1) is 8.10. The maximum Gasteiger partial charge on any atom is 0.207 e. The monoisotopic (exact) mass is 177 g/mol. The molecule has 13 heavy (non-hydrogen) atoms. The molecule has 1 aromatic rings. The largest absolute Gasteiger partial charge is 0.508 e. The number of aryl methyl sites for hydroxylation is 1. The van der Waals surface area contributed by atoms with Crippen LogP contribution in [0.15, 0.2) is 18.2 Å². The van der Waals surface area contributed by atoms with Crippen LogP contribution >= 0.6 is 0 Å². The van der Waals surface area contributed by atoms with Crippen LogP contribution in [-0.2, 0) is 11.2 Å². The highest BCUT2D eigenvalue weighted by Gasteiger charge is 2.24. The van der Waals surface area contributed by atoms with Crippen molar-refractivity contribution in [1.29, 1.82) is 0 Å². The number of carbonyl (C=O) groups is 1. The van der Waals surface area contributed by atoms with Crippen molar-refractivity contribution in [3.05, 3.63) is 29.3 Å². The molecule has 1 aliphatic rings. The summed E-state index contributed by atoms with van der Waals surface area (Å²) in [5.41, 5.74) is 2.02. The topological polar surface area (TPSA) is 49.3 Å². The second-order valence-corrected chi connectivity index (χ2v) is 3.23. The molecular formula is C10H11NO2. The quantitative estimate of drug-likeness (QED) is 0.665. The highest BCUT2D eigenvalue weighted by molar-refractivity contribution is 5.52. The average Bonchev–Trinajstić information content (AvgIpc) is 2.51. The lowest BCUT2D eigenvalue weighted by Crippen LogP contribution is -2.16. The molecule has 3 heteroatoms. The van der Waals surface area contributed by atoms with E-state index in [1.165, 1.54) is 0 Å². The number of amides is 1. The first-order valence-electron chi connectivity index (χ1n) is 4.33. The molecule has 1 atom stereocenters. The summed E-state index contributed by atoms with van der Waals surface area (Å²) in [7, 11) is 0. The summed E-state index contributed by atoms with van der Waals surface area (Å²) in [6.07, 6.45) is 2.49. The third-order valence-corrected chi connectivity index (χ3v) is 2.49. The number of hydrogen-bond donors (Lipinski definition) is 2. The Morgan fingerprint density at radius 1 is 1.54 bits per heavy atom. The second-order valence-electron chi connectivity index (χ2n) is 3.23. The fraction of sp³-hybridized carbons (Fsp3) is 0.300. The van der Waals surface area contributed by atoms with Crippen LogP contribution in [0.5, 0.6) is 5.75 Å². The van der Waals surface area contributed by atoms with E-state index < -0.39 is 0 Å². The molecule has 0 saturated heterocycles. The highest BCUT2D eigenvalue weighted by Crippen LogP contribution is 2.36. The van der Waals surface area contributed by atoms with Gasteiger partial charge in [-0.05, 0) is 24.5 Å². The lowest BCUT2D eigenvalue weighted by atomic mass is 10.1. The molecule has 0 bridgehead atoms. The van der Waals surface area contributed by atoms with E-state index in [4.69, 9.17) is 0 Å². The van der Waals surface area contributed by atoms with Gasteiger partial charge in [-0.25, -0.2) is 0 Å².